The normalized spacial score (nSPS) is 17.5. The van der Waals surface area contributed by atoms with E-state index < -0.39 is 0 Å². The van der Waals surface area contributed by atoms with Crippen LogP contribution in [0, 0.1) is 18.3 Å². The van der Waals surface area contributed by atoms with Crippen LogP contribution < -0.4 is 0 Å². The third-order valence-electron chi connectivity index (χ3n) is 4.09. The zero-order valence-corrected chi connectivity index (χ0v) is 13.7. The molecule has 0 saturated heterocycles. The molecule has 0 amide bonds. The molecule has 22 heavy (non-hydrogen) atoms. The summed E-state index contributed by atoms with van der Waals surface area (Å²) in [5.41, 5.74) is 4.71. The first-order valence-electron chi connectivity index (χ1n) is 7.60. The topological polar surface area (TPSA) is 53.2 Å². The number of hydrogen-bond acceptors (Lipinski definition) is 3. The van der Waals surface area contributed by atoms with Crippen molar-refractivity contribution in [1.82, 2.24) is 0 Å². The minimum Gasteiger partial charge on any atom is -0.306 e. The van der Waals surface area contributed by atoms with E-state index in [1.165, 1.54) is 0 Å². The Kier molecular flexibility index (Phi) is 4.66. The van der Waals surface area contributed by atoms with Gasteiger partial charge in [-0.25, -0.2) is 0 Å². The molecule has 0 atom stereocenters. The first kappa shape index (κ1) is 16.2. The number of aryl methyl sites for hydroxylation is 1. The Hall–Kier alpha value is -2.15. The minimum atomic E-state index is -0.0257. The van der Waals surface area contributed by atoms with E-state index in [1.54, 1.807) is 6.21 Å². The third kappa shape index (κ3) is 3.54. The van der Waals surface area contributed by atoms with Crippen molar-refractivity contribution in [2.75, 3.05) is 0 Å². The molecule has 0 N–H and O–H groups in total. The molecular formula is C18H21BN2O. The van der Waals surface area contributed by atoms with Gasteiger partial charge in [0, 0.05) is 23.9 Å². The van der Waals surface area contributed by atoms with Crippen molar-refractivity contribution >= 4 is 19.2 Å². The van der Waals surface area contributed by atoms with Gasteiger partial charge in [-0.05, 0) is 48.8 Å². The van der Waals surface area contributed by atoms with E-state index in [0.29, 0.717) is 19.3 Å². The van der Waals surface area contributed by atoms with E-state index in [4.69, 9.17) is 5.26 Å². The summed E-state index contributed by atoms with van der Waals surface area (Å²) in [6, 6.07) is 7.77. The monoisotopic (exact) mass is 292 g/mol. The van der Waals surface area contributed by atoms with Crippen molar-refractivity contribution in [3.05, 3.63) is 46.2 Å². The smallest absolute Gasteiger partial charge is 0.217 e. The molecule has 0 spiro atoms. The third-order valence-corrected chi connectivity index (χ3v) is 4.09. The van der Waals surface area contributed by atoms with Gasteiger partial charge in [0.15, 0.2) is 0 Å². The summed E-state index contributed by atoms with van der Waals surface area (Å²) >= 11 is 0. The Morgan fingerprint density at radius 2 is 2.18 bits per heavy atom. The van der Waals surface area contributed by atoms with Gasteiger partial charge in [0.25, 0.3) is 0 Å². The summed E-state index contributed by atoms with van der Waals surface area (Å²) in [6.45, 7) is 8.08. The van der Waals surface area contributed by atoms with Gasteiger partial charge in [0.2, 0.25) is 7.28 Å². The molecule has 0 unspecified atom stereocenters. The lowest BCUT2D eigenvalue weighted by Crippen LogP contribution is -2.30. The Labute approximate surface area is 133 Å². The van der Waals surface area contributed by atoms with E-state index in [-0.39, 0.29) is 11.0 Å². The number of aliphatic imine (C=N–C) groups is 1. The van der Waals surface area contributed by atoms with Crippen LogP contribution in [0.15, 0.2) is 34.5 Å². The van der Waals surface area contributed by atoms with Crippen LogP contribution in [0.2, 0.25) is 5.31 Å². The van der Waals surface area contributed by atoms with E-state index in [0.717, 1.165) is 28.8 Å². The summed E-state index contributed by atoms with van der Waals surface area (Å²) in [4.78, 5) is 17.0. The number of carbonyl (C=O) groups is 1. The van der Waals surface area contributed by atoms with E-state index in [1.807, 2.05) is 32.0 Å². The van der Waals surface area contributed by atoms with Crippen LogP contribution >= 0.6 is 0 Å². The number of carbonyl (C=O) groups excluding carboxylic acids is 1. The zero-order chi connectivity index (χ0) is 16.3. The van der Waals surface area contributed by atoms with Crippen LogP contribution in [-0.4, -0.2) is 19.2 Å². The van der Waals surface area contributed by atoms with Crippen molar-refractivity contribution in [2.45, 2.75) is 45.9 Å². The second-order valence-corrected chi connectivity index (χ2v) is 6.68. The molecule has 0 fully saturated rings. The fourth-order valence-electron chi connectivity index (χ4n) is 2.96. The Bertz CT molecular complexity index is 708. The molecule has 4 heteroatoms. The summed E-state index contributed by atoms with van der Waals surface area (Å²) < 4.78 is 0. The summed E-state index contributed by atoms with van der Waals surface area (Å²) in [6.07, 6.45) is 3.18. The zero-order valence-electron chi connectivity index (χ0n) is 13.7. The fraction of sp³-hybridized carbons (Fsp3) is 0.389. The molecule has 0 saturated carbocycles. The Morgan fingerprint density at radius 1 is 1.45 bits per heavy atom. The lowest BCUT2D eigenvalue weighted by atomic mass is 9.45. The number of allylic oxidation sites excluding steroid dienone is 2. The summed E-state index contributed by atoms with van der Waals surface area (Å²) in [5, 5.41) is 8.93. The molecule has 1 aliphatic heterocycles. The quantitative estimate of drug-likeness (QED) is 0.634. The Morgan fingerprint density at radius 3 is 2.77 bits per heavy atom. The number of hydrogen-bond donors (Lipinski definition) is 0. The molecule has 3 nitrogen and oxygen atoms in total. The maximum absolute atomic E-state index is 12.5. The summed E-state index contributed by atoms with van der Waals surface area (Å²) in [7, 11) is 0.570. The molecular weight excluding hydrogens is 271 g/mol. The van der Waals surface area contributed by atoms with Gasteiger partial charge in [0.05, 0.1) is 11.6 Å². The summed E-state index contributed by atoms with van der Waals surface area (Å²) in [5.74, 6) is 0. The van der Waals surface area contributed by atoms with Gasteiger partial charge in [0.1, 0.15) is 5.68 Å². The van der Waals surface area contributed by atoms with E-state index in [9.17, 15) is 4.79 Å². The maximum Gasteiger partial charge on any atom is 0.217 e. The largest absolute Gasteiger partial charge is 0.306 e. The van der Waals surface area contributed by atoms with Crippen molar-refractivity contribution in [1.29, 1.82) is 5.26 Å². The first-order valence-corrected chi connectivity index (χ1v) is 7.60. The van der Waals surface area contributed by atoms with Gasteiger partial charge in [-0.15, -0.1) is 0 Å². The van der Waals surface area contributed by atoms with Crippen LogP contribution in [0.25, 0.3) is 0 Å². The second-order valence-electron chi connectivity index (χ2n) is 6.68. The molecule has 1 aliphatic rings. The van der Waals surface area contributed by atoms with Crippen molar-refractivity contribution in [3.63, 3.8) is 0 Å². The van der Waals surface area contributed by atoms with Gasteiger partial charge in [-0.2, -0.15) is 5.26 Å². The van der Waals surface area contributed by atoms with Gasteiger partial charge >= 0.3 is 0 Å². The highest BCUT2D eigenvalue weighted by molar-refractivity contribution is 6.80. The van der Waals surface area contributed by atoms with Crippen LogP contribution in [0.5, 0.6) is 0 Å². The molecule has 1 aromatic rings. The molecule has 112 valence electrons. The standard InChI is InChI=1S/C18H21BN2O/c1-5-21-16-10-18(3,4)19-17(22)15(16)9-14-7-6-13(11-20)8-12(14)2/h5-8,19H,9-10H2,1-4H3/b21-5-. The molecule has 0 aromatic heterocycles. The van der Waals surface area contributed by atoms with E-state index >= 15 is 0 Å². The van der Waals surface area contributed by atoms with Crippen molar-refractivity contribution in [2.24, 2.45) is 4.99 Å². The number of benzene rings is 1. The lowest BCUT2D eigenvalue weighted by molar-refractivity contribution is -0.109. The molecule has 2 rings (SSSR count). The SMILES string of the molecule is C/C=N\C1=C(Cc2ccc(C#N)cc2C)C(=O)BC(C)(C)C1. The molecule has 0 radical (unpaired) electrons. The minimum absolute atomic E-state index is 0.0257. The second kappa shape index (κ2) is 6.31. The number of nitriles is 1. The lowest BCUT2D eigenvalue weighted by Gasteiger charge is -2.29. The van der Waals surface area contributed by atoms with Gasteiger partial charge < -0.3 is 4.79 Å². The highest BCUT2D eigenvalue weighted by atomic mass is 16.1. The maximum atomic E-state index is 12.5. The van der Waals surface area contributed by atoms with Gasteiger partial charge in [-0.1, -0.05) is 19.9 Å². The van der Waals surface area contributed by atoms with E-state index in [2.05, 4.69) is 24.9 Å². The fourth-order valence-corrected chi connectivity index (χ4v) is 2.96. The Balaban J connectivity index is 2.41. The van der Waals surface area contributed by atoms with Gasteiger partial charge in [-0.3, -0.25) is 4.99 Å². The predicted molar refractivity (Wildman–Crippen MR) is 91.6 cm³/mol. The van der Waals surface area contributed by atoms with Crippen LogP contribution in [-0.2, 0) is 11.2 Å². The predicted octanol–water partition coefficient (Wildman–Crippen LogP) is 3.32. The molecule has 1 aromatic carbocycles. The van der Waals surface area contributed by atoms with Crippen LogP contribution in [0.3, 0.4) is 0 Å². The number of nitrogens with zero attached hydrogens (tertiary/aromatic N) is 2. The molecule has 0 aliphatic carbocycles. The average molecular weight is 292 g/mol. The van der Waals surface area contributed by atoms with Crippen LogP contribution in [0.1, 0.15) is 43.9 Å². The van der Waals surface area contributed by atoms with Crippen molar-refractivity contribution < 1.29 is 4.79 Å². The molecule has 1 heterocycles. The highest BCUT2D eigenvalue weighted by Gasteiger charge is 2.34. The average Bonchev–Trinajstić information content (AvgIpc) is 2.43. The first-order chi connectivity index (χ1) is 10.4. The van der Waals surface area contributed by atoms with Crippen molar-refractivity contribution in [3.8, 4) is 6.07 Å². The van der Waals surface area contributed by atoms with Crippen LogP contribution in [0.4, 0.5) is 0 Å². The highest BCUT2D eigenvalue weighted by Crippen LogP contribution is 2.39. The molecule has 0 bridgehead atoms. The number of rotatable bonds is 3.